The summed E-state index contributed by atoms with van der Waals surface area (Å²) in [6.07, 6.45) is -5.72. The van der Waals surface area contributed by atoms with Crippen LogP contribution in [0.4, 0.5) is 23.8 Å². The lowest BCUT2D eigenvalue weighted by atomic mass is 10.2. The molecule has 0 bridgehead atoms. The van der Waals surface area contributed by atoms with Crippen LogP contribution < -0.4 is 4.90 Å². The number of carbonyl (C=O) groups excluding carboxylic acids is 1. The summed E-state index contributed by atoms with van der Waals surface area (Å²) in [4.78, 5) is 12.5. The SMILES string of the molecule is CN(C(=O)OCC(F)(F)F)c1nsc2cccc(Cl)c12. The van der Waals surface area contributed by atoms with E-state index in [-0.39, 0.29) is 5.82 Å². The number of anilines is 1. The van der Waals surface area contributed by atoms with Crippen molar-refractivity contribution in [3.63, 3.8) is 0 Å². The minimum atomic E-state index is -4.57. The van der Waals surface area contributed by atoms with Crippen molar-refractivity contribution >= 4 is 45.1 Å². The summed E-state index contributed by atoms with van der Waals surface area (Å²) in [5, 5.41) is 0.868. The van der Waals surface area contributed by atoms with Crippen molar-refractivity contribution in [2.75, 3.05) is 18.6 Å². The summed E-state index contributed by atoms with van der Waals surface area (Å²) >= 11 is 7.10. The first-order valence-corrected chi connectivity index (χ1v) is 6.46. The molecule has 0 N–H and O–H groups in total. The number of benzene rings is 1. The minimum absolute atomic E-state index is 0.169. The third kappa shape index (κ3) is 3.13. The maximum Gasteiger partial charge on any atom is 0.422 e. The van der Waals surface area contributed by atoms with Gasteiger partial charge in [-0.2, -0.15) is 17.5 Å². The number of hydrogen-bond donors (Lipinski definition) is 0. The maximum atomic E-state index is 12.0. The molecule has 1 amide bonds. The van der Waals surface area contributed by atoms with E-state index in [2.05, 4.69) is 9.11 Å². The average Bonchev–Trinajstić information content (AvgIpc) is 2.79. The number of fused-ring (bicyclic) bond motifs is 1. The third-order valence-corrected chi connectivity index (χ3v) is 3.50. The fourth-order valence-corrected chi connectivity index (χ4v) is 2.64. The highest BCUT2D eigenvalue weighted by molar-refractivity contribution is 7.13. The smallest absolute Gasteiger partial charge is 0.422 e. The first-order valence-electron chi connectivity index (χ1n) is 5.31. The number of rotatable bonds is 2. The summed E-state index contributed by atoms with van der Waals surface area (Å²) in [6, 6.07) is 5.07. The second-order valence-electron chi connectivity index (χ2n) is 3.85. The molecule has 0 saturated carbocycles. The van der Waals surface area contributed by atoms with Crippen LogP contribution in [0.1, 0.15) is 0 Å². The Morgan fingerprint density at radius 2 is 2.20 bits per heavy atom. The lowest BCUT2D eigenvalue weighted by Gasteiger charge is -2.16. The van der Waals surface area contributed by atoms with Crippen molar-refractivity contribution in [3.05, 3.63) is 23.2 Å². The predicted octanol–water partition coefficient (Wildman–Crippen LogP) is 4.08. The number of amides is 1. The van der Waals surface area contributed by atoms with Crippen LogP contribution in [-0.2, 0) is 4.74 Å². The zero-order valence-corrected chi connectivity index (χ0v) is 11.6. The molecule has 9 heteroatoms. The molecule has 2 aromatic rings. The molecule has 0 atom stereocenters. The number of ether oxygens (including phenoxy) is 1. The molecule has 0 unspecified atom stereocenters. The average molecular weight is 325 g/mol. The topological polar surface area (TPSA) is 42.4 Å². The Morgan fingerprint density at radius 1 is 1.50 bits per heavy atom. The second-order valence-corrected chi connectivity index (χ2v) is 5.06. The van der Waals surface area contributed by atoms with Gasteiger partial charge in [0.2, 0.25) is 0 Å². The number of aromatic nitrogens is 1. The molecule has 0 aliphatic carbocycles. The molecule has 0 aliphatic heterocycles. The fourth-order valence-electron chi connectivity index (χ4n) is 1.49. The van der Waals surface area contributed by atoms with Gasteiger partial charge in [-0.1, -0.05) is 17.7 Å². The van der Waals surface area contributed by atoms with Crippen LogP contribution >= 0.6 is 23.1 Å². The Bertz CT molecular complexity index is 644. The first kappa shape index (κ1) is 14.9. The summed E-state index contributed by atoms with van der Waals surface area (Å²) in [7, 11) is 1.27. The van der Waals surface area contributed by atoms with Gasteiger partial charge in [0.1, 0.15) is 0 Å². The van der Waals surface area contributed by atoms with E-state index in [1.54, 1.807) is 18.2 Å². The van der Waals surface area contributed by atoms with Crippen molar-refractivity contribution in [2.45, 2.75) is 6.18 Å². The van der Waals surface area contributed by atoms with Crippen molar-refractivity contribution < 1.29 is 22.7 Å². The van der Waals surface area contributed by atoms with E-state index >= 15 is 0 Å². The summed E-state index contributed by atoms with van der Waals surface area (Å²) in [5.41, 5.74) is 0. The van der Waals surface area contributed by atoms with Gasteiger partial charge in [-0.25, -0.2) is 4.79 Å². The summed E-state index contributed by atoms with van der Waals surface area (Å²) < 4.78 is 44.9. The molecule has 2 rings (SSSR count). The van der Waals surface area contributed by atoms with Crippen LogP contribution in [-0.4, -0.2) is 30.3 Å². The normalized spacial score (nSPS) is 11.7. The first-order chi connectivity index (χ1) is 9.29. The van der Waals surface area contributed by atoms with E-state index in [4.69, 9.17) is 11.6 Å². The third-order valence-electron chi connectivity index (χ3n) is 2.38. The molecule has 0 saturated heterocycles. The molecule has 4 nitrogen and oxygen atoms in total. The highest BCUT2D eigenvalue weighted by atomic mass is 35.5. The van der Waals surface area contributed by atoms with Crippen LogP contribution in [0, 0.1) is 0 Å². The molecule has 0 aliphatic rings. The molecule has 20 heavy (non-hydrogen) atoms. The summed E-state index contributed by atoms with van der Waals surface area (Å²) in [6.45, 7) is -1.65. The van der Waals surface area contributed by atoms with Gasteiger partial charge in [0, 0.05) is 7.05 Å². The van der Waals surface area contributed by atoms with Crippen LogP contribution in [0.5, 0.6) is 0 Å². The minimum Gasteiger partial charge on any atom is -0.439 e. The summed E-state index contributed by atoms with van der Waals surface area (Å²) in [5.74, 6) is 0.169. The molecule has 108 valence electrons. The molecule has 0 fully saturated rings. The van der Waals surface area contributed by atoms with Crippen molar-refractivity contribution in [1.82, 2.24) is 4.37 Å². The number of halogens is 4. The van der Waals surface area contributed by atoms with Gasteiger partial charge in [-0.15, -0.1) is 0 Å². The molecule has 0 spiro atoms. The highest BCUT2D eigenvalue weighted by Gasteiger charge is 2.31. The standard InChI is InChI=1S/C11H8ClF3N2O2S/c1-17(10(18)19-5-11(13,14)15)9-8-6(12)3-2-4-7(8)20-16-9/h2-4H,5H2,1H3. The van der Waals surface area contributed by atoms with E-state index in [0.29, 0.717) is 10.4 Å². The van der Waals surface area contributed by atoms with Crippen LogP contribution in [0.15, 0.2) is 18.2 Å². The Labute approximate surface area is 120 Å². The molecular weight excluding hydrogens is 317 g/mol. The van der Waals surface area contributed by atoms with Crippen LogP contribution in [0.2, 0.25) is 5.02 Å². The molecule has 1 aromatic heterocycles. The van der Waals surface area contributed by atoms with Gasteiger partial charge in [0.15, 0.2) is 12.4 Å². The predicted molar refractivity (Wildman–Crippen MR) is 70.4 cm³/mol. The van der Waals surface area contributed by atoms with Crippen molar-refractivity contribution in [3.8, 4) is 0 Å². The van der Waals surface area contributed by atoms with Gasteiger partial charge in [0.05, 0.1) is 15.1 Å². The van der Waals surface area contributed by atoms with Gasteiger partial charge >= 0.3 is 12.3 Å². The lowest BCUT2D eigenvalue weighted by Crippen LogP contribution is -2.31. The molecule has 1 heterocycles. The fraction of sp³-hybridized carbons (Fsp3) is 0.273. The van der Waals surface area contributed by atoms with E-state index in [9.17, 15) is 18.0 Å². The Kier molecular flexibility index (Phi) is 4.05. The molecule has 0 radical (unpaired) electrons. The van der Waals surface area contributed by atoms with Gasteiger partial charge in [0.25, 0.3) is 0 Å². The number of hydrogen-bond acceptors (Lipinski definition) is 4. The quantitative estimate of drug-likeness (QED) is 0.835. The second kappa shape index (κ2) is 5.45. The lowest BCUT2D eigenvalue weighted by molar-refractivity contribution is -0.159. The van der Waals surface area contributed by atoms with Gasteiger partial charge in [-0.3, -0.25) is 4.90 Å². The molecule has 1 aromatic carbocycles. The van der Waals surface area contributed by atoms with Gasteiger partial charge in [-0.05, 0) is 23.7 Å². The van der Waals surface area contributed by atoms with Gasteiger partial charge < -0.3 is 4.74 Å². The van der Waals surface area contributed by atoms with E-state index < -0.39 is 18.9 Å². The zero-order chi connectivity index (χ0) is 14.9. The number of carbonyl (C=O) groups is 1. The number of alkyl halides is 3. The number of nitrogens with zero attached hydrogens (tertiary/aromatic N) is 2. The highest BCUT2D eigenvalue weighted by Crippen LogP contribution is 2.34. The van der Waals surface area contributed by atoms with E-state index in [0.717, 1.165) is 21.1 Å². The monoisotopic (exact) mass is 324 g/mol. The van der Waals surface area contributed by atoms with Crippen molar-refractivity contribution in [2.24, 2.45) is 0 Å². The van der Waals surface area contributed by atoms with Crippen molar-refractivity contribution in [1.29, 1.82) is 0 Å². The Balaban J connectivity index is 2.23. The van der Waals surface area contributed by atoms with E-state index in [1.807, 2.05) is 0 Å². The van der Waals surface area contributed by atoms with Crippen LogP contribution in [0.25, 0.3) is 10.1 Å². The zero-order valence-electron chi connectivity index (χ0n) is 10.1. The Hall–Kier alpha value is -1.54. The Morgan fingerprint density at radius 3 is 2.85 bits per heavy atom. The van der Waals surface area contributed by atoms with E-state index in [1.165, 1.54) is 7.05 Å². The largest absolute Gasteiger partial charge is 0.439 e. The molecular formula is C11H8ClF3N2O2S. The maximum absolute atomic E-state index is 12.0. The van der Waals surface area contributed by atoms with Crippen LogP contribution in [0.3, 0.4) is 0 Å².